The van der Waals surface area contributed by atoms with Gasteiger partial charge < -0.3 is 17.0 Å². The maximum Gasteiger partial charge on any atom is 0.178 e. The van der Waals surface area contributed by atoms with E-state index in [1.54, 1.807) is 0 Å². The fourth-order valence-corrected chi connectivity index (χ4v) is 1.59. The average Bonchev–Trinajstić information content (AvgIpc) is 2.09. The fraction of sp³-hybridized carbons (Fsp3) is 0.500. The molecule has 0 aliphatic carbocycles. The Morgan fingerprint density at radius 3 is 2.69 bits per heavy atom. The van der Waals surface area contributed by atoms with E-state index in [2.05, 4.69) is 51.8 Å². The van der Waals surface area contributed by atoms with E-state index in [1.165, 1.54) is 18.5 Å². The van der Waals surface area contributed by atoms with Crippen molar-refractivity contribution in [1.29, 1.82) is 0 Å². The number of alkyl halides is 1. The van der Waals surface area contributed by atoms with Crippen molar-refractivity contribution in [2.45, 2.75) is 26.3 Å². The maximum absolute atomic E-state index is 3.43. The molecule has 0 N–H and O–H groups in total. The standard InChI is InChI=1S/C10H15BrN.BrH/c1-10-6-2-4-8-12(10)9-5-3-7-11;/h2,4,6,8H,3,5,7,9H2,1H3;1H/q+1;/p-1. The molecule has 0 unspecified atom stereocenters. The number of pyridine rings is 1. The predicted molar refractivity (Wildman–Crippen MR) is 54.4 cm³/mol. The number of hydrogen-bond acceptors (Lipinski definition) is 0. The Kier molecular flexibility index (Phi) is 7.57. The molecule has 1 rings (SSSR count). The Morgan fingerprint density at radius 2 is 2.08 bits per heavy atom. The second-order valence-corrected chi connectivity index (χ2v) is 3.72. The minimum absolute atomic E-state index is 0. The quantitative estimate of drug-likeness (QED) is 0.400. The van der Waals surface area contributed by atoms with E-state index in [9.17, 15) is 0 Å². The fourth-order valence-electron chi connectivity index (χ4n) is 1.19. The molecule has 0 aliphatic rings. The molecule has 3 heteroatoms. The molecule has 1 heterocycles. The van der Waals surface area contributed by atoms with Crippen molar-refractivity contribution in [3.63, 3.8) is 0 Å². The Hall–Kier alpha value is 0.110. The molecule has 0 saturated heterocycles. The highest BCUT2D eigenvalue weighted by Gasteiger charge is 2.01. The van der Waals surface area contributed by atoms with Crippen LogP contribution < -0.4 is 21.5 Å². The van der Waals surface area contributed by atoms with Crippen LogP contribution in [0, 0.1) is 6.92 Å². The van der Waals surface area contributed by atoms with Crippen molar-refractivity contribution >= 4 is 15.9 Å². The third kappa shape index (κ3) is 4.77. The van der Waals surface area contributed by atoms with Crippen LogP contribution in [-0.4, -0.2) is 5.33 Å². The summed E-state index contributed by atoms with van der Waals surface area (Å²) < 4.78 is 2.29. The van der Waals surface area contributed by atoms with Crippen LogP contribution in [0.5, 0.6) is 0 Å². The molecule has 0 fully saturated rings. The minimum Gasteiger partial charge on any atom is -1.00 e. The van der Waals surface area contributed by atoms with Gasteiger partial charge in [0.1, 0.15) is 6.54 Å². The highest BCUT2D eigenvalue weighted by atomic mass is 79.9. The zero-order valence-corrected chi connectivity index (χ0v) is 11.0. The van der Waals surface area contributed by atoms with Crippen LogP contribution in [0.2, 0.25) is 0 Å². The third-order valence-electron chi connectivity index (χ3n) is 1.95. The predicted octanol–water partition coefficient (Wildman–Crippen LogP) is -0.538. The van der Waals surface area contributed by atoms with Crippen molar-refractivity contribution < 1.29 is 21.5 Å². The molecule has 1 nitrogen and oxygen atoms in total. The van der Waals surface area contributed by atoms with Crippen LogP contribution in [0.25, 0.3) is 0 Å². The summed E-state index contributed by atoms with van der Waals surface area (Å²) in [4.78, 5) is 0. The van der Waals surface area contributed by atoms with Gasteiger partial charge in [0.15, 0.2) is 11.9 Å². The average molecular weight is 309 g/mol. The molecule has 1 aromatic rings. The van der Waals surface area contributed by atoms with Gasteiger partial charge in [-0.1, -0.05) is 22.0 Å². The van der Waals surface area contributed by atoms with Gasteiger partial charge in [-0.05, 0) is 6.42 Å². The van der Waals surface area contributed by atoms with E-state index in [0.29, 0.717) is 0 Å². The number of halogens is 2. The highest BCUT2D eigenvalue weighted by Crippen LogP contribution is 1.95. The zero-order valence-electron chi connectivity index (χ0n) is 7.84. The van der Waals surface area contributed by atoms with Gasteiger partial charge in [0, 0.05) is 30.8 Å². The van der Waals surface area contributed by atoms with Crippen molar-refractivity contribution in [2.24, 2.45) is 0 Å². The van der Waals surface area contributed by atoms with Gasteiger partial charge in [-0.3, -0.25) is 0 Å². The summed E-state index contributed by atoms with van der Waals surface area (Å²) in [6, 6.07) is 6.31. The van der Waals surface area contributed by atoms with Crippen molar-refractivity contribution in [3.8, 4) is 0 Å². The summed E-state index contributed by atoms with van der Waals surface area (Å²) in [6.45, 7) is 3.28. The van der Waals surface area contributed by atoms with Gasteiger partial charge in [-0.25, -0.2) is 4.57 Å². The lowest BCUT2D eigenvalue weighted by Crippen LogP contribution is -3.00. The lowest BCUT2D eigenvalue weighted by Gasteiger charge is -1.98. The van der Waals surface area contributed by atoms with Crippen molar-refractivity contribution in [1.82, 2.24) is 0 Å². The number of hydrogen-bond donors (Lipinski definition) is 0. The molecule has 0 amide bonds. The van der Waals surface area contributed by atoms with Gasteiger partial charge >= 0.3 is 0 Å². The molecule has 1 aromatic heterocycles. The first kappa shape index (κ1) is 13.1. The number of unbranched alkanes of at least 4 members (excludes halogenated alkanes) is 1. The Balaban J connectivity index is 0.00000144. The molecule has 0 atom stereocenters. The monoisotopic (exact) mass is 307 g/mol. The van der Waals surface area contributed by atoms with Crippen LogP contribution in [0.15, 0.2) is 24.4 Å². The number of nitrogens with zero attached hydrogens (tertiary/aromatic N) is 1. The van der Waals surface area contributed by atoms with Crippen LogP contribution in [0.3, 0.4) is 0 Å². The molecule has 0 spiro atoms. The van der Waals surface area contributed by atoms with Gasteiger partial charge in [-0.2, -0.15) is 0 Å². The Labute approximate surface area is 99.1 Å². The molecule has 74 valence electrons. The van der Waals surface area contributed by atoms with E-state index >= 15 is 0 Å². The molecule has 0 radical (unpaired) electrons. The van der Waals surface area contributed by atoms with E-state index < -0.39 is 0 Å². The molecular formula is C10H15Br2N. The summed E-state index contributed by atoms with van der Waals surface area (Å²) in [6.07, 6.45) is 4.64. The smallest absolute Gasteiger partial charge is 0.178 e. The van der Waals surface area contributed by atoms with E-state index in [1.807, 2.05) is 0 Å². The largest absolute Gasteiger partial charge is 1.00 e. The number of aromatic nitrogens is 1. The Bertz CT molecular complexity index is 238. The summed E-state index contributed by atoms with van der Waals surface area (Å²) in [5.41, 5.74) is 1.34. The summed E-state index contributed by atoms with van der Waals surface area (Å²) >= 11 is 3.43. The topological polar surface area (TPSA) is 3.88 Å². The summed E-state index contributed by atoms with van der Waals surface area (Å²) in [7, 11) is 0. The first-order chi connectivity index (χ1) is 5.84. The first-order valence-electron chi connectivity index (χ1n) is 4.35. The Morgan fingerprint density at radius 1 is 1.31 bits per heavy atom. The van der Waals surface area contributed by atoms with Crippen LogP contribution in [0.1, 0.15) is 18.5 Å². The number of rotatable bonds is 4. The van der Waals surface area contributed by atoms with E-state index in [4.69, 9.17) is 0 Å². The molecule has 0 saturated carbocycles. The van der Waals surface area contributed by atoms with E-state index in [0.717, 1.165) is 11.9 Å². The van der Waals surface area contributed by atoms with Gasteiger partial charge in [0.2, 0.25) is 0 Å². The van der Waals surface area contributed by atoms with Gasteiger partial charge in [-0.15, -0.1) is 0 Å². The highest BCUT2D eigenvalue weighted by molar-refractivity contribution is 9.09. The normalized spacial score (nSPS) is 9.38. The van der Waals surface area contributed by atoms with Crippen molar-refractivity contribution in [3.05, 3.63) is 30.1 Å². The van der Waals surface area contributed by atoms with Crippen molar-refractivity contribution in [2.75, 3.05) is 5.33 Å². The second kappa shape index (κ2) is 7.51. The van der Waals surface area contributed by atoms with Gasteiger partial charge in [0.05, 0.1) is 0 Å². The van der Waals surface area contributed by atoms with Crippen LogP contribution in [0.4, 0.5) is 0 Å². The van der Waals surface area contributed by atoms with E-state index in [-0.39, 0.29) is 17.0 Å². The minimum atomic E-state index is 0. The summed E-state index contributed by atoms with van der Waals surface area (Å²) in [5.74, 6) is 0. The lowest BCUT2D eigenvalue weighted by atomic mass is 10.3. The van der Waals surface area contributed by atoms with Crippen LogP contribution >= 0.6 is 15.9 Å². The molecular weight excluding hydrogens is 294 g/mol. The first-order valence-corrected chi connectivity index (χ1v) is 5.48. The lowest BCUT2D eigenvalue weighted by molar-refractivity contribution is -0.703. The molecule has 13 heavy (non-hydrogen) atoms. The molecule has 0 bridgehead atoms. The second-order valence-electron chi connectivity index (χ2n) is 2.93. The molecule has 0 aromatic carbocycles. The third-order valence-corrected chi connectivity index (χ3v) is 2.51. The molecule has 0 aliphatic heterocycles. The zero-order chi connectivity index (χ0) is 8.81. The maximum atomic E-state index is 3.43. The van der Waals surface area contributed by atoms with Crippen LogP contribution in [-0.2, 0) is 6.54 Å². The summed E-state index contributed by atoms with van der Waals surface area (Å²) in [5, 5.41) is 1.11. The van der Waals surface area contributed by atoms with Gasteiger partial charge in [0.25, 0.3) is 0 Å². The SMILES string of the molecule is Cc1cccc[n+]1CCCCBr.[Br-]. The number of aryl methyl sites for hydroxylation is 2.